The predicted molar refractivity (Wildman–Crippen MR) is 107 cm³/mol. The van der Waals surface area contributed by atoms with E-state index in [1.54, 1.807) is 29.3 Å². The molecule has 7 heteroatoms. The lowest BCUT2D eigenvalue weighted by Crippen LogP contribution is -2.15. The number of nitrogens with one attached hydrogen (secondary N) is 1. The van der Waals surface area contributed by atoms with Gasteiger partial charge in [-0.15, -0.1) is 0 Å². The molecule has 1 aliphatic carbocycles. The highest BCUT2D eigenvalue weighted by atomic mass is 19.1. The molecule has 0 radical (unpaired) electrons. The van der Waals surface area contributed by atoms with Crippen LogP contribution in [-0.2, 0) is 12.8 Å². The van der Waals surface area contributed by atoms with E-state index in [1.807, 2.05) is 35.0 Å². The Bertz CT molecular complexity index is 1160. The van der Waals surface area contributed by atoms with Crippen molar-refractivity contribution in [3.8, 4) is 11.4 Å². The van der Waals surface area contributed by atoms with Gasteiger partial charge in [-0.25, -0.2) is 14.1 Å². The second-order valence-corrected chi connectivity index (χ2v) is 6.99. The van der Waals surface area contributed by atoms with E-state index in [9.17, 15) is 9.18 Å². The van der Waals surface area contributed by atoms with Crippen molar-refractivity contribution in [1.29, 1.82) is 0 Å². The highest BCUT2D eigenvalue weighted by molar-refractivity contribution is 6.04. The lowest BCUT2D eigenvalue weighted by molar-refractivity contribution is 0.102. The number of rotatable bonds is 4. The number of halogens is 1. The molecule has 2 aromatic carbocycles. The fraction of sp³-hybridized carbons (Fsp3) is 0.136. The van der Waals surface area contributed by atoms with Gasteiger partial charge in [-0.3, -0.25) is 4.79 Å². The predicted octanol–water partition coefficient (Wildman–Crippen LogP) is 3.94. The number of carbonyl (C=O) groups is 1. The minimum absolute atomic E-state index is 0.237. The molecule has 1 N–H and O–H groups in total. The SMILES string of the molecule is O=C(Nc1ccc(-n2ccnc2)cc1)c1nn(-c2ccc(F)cc2)c2c1CCC2. The largest absolute Gasteiger partial charge is 0.321 e. The van der Waals surface area contributed by atoms with E-state index in [1.165, 1.54) is 12.1 Å². The van der Waals surface area contributed by atoms with Crippen LogP contribution in [-0.4, -0.2) is 25.2 Å². The number of carbonyl (C=O) groups excluding carboxylic acids is 1. The summed E-state index contributed by atoms with van der Waals surface area (Å²) in [6.45, 7) is 0. The Kier molecular flexibility index (Phi) is 4.20. The number of hydrogen-bond acceptors (Lipinski definition) is 3. The van der Waals surface area contributed by atoms with Gasteiger partial charge in [-0.1, -0.05) is 0 Å². The molecule has 0 aliphatic heterocycles. The Hall–Kier alpha value is -3.74. The molecule has 0 bridgehead atoms. The number of nitrogens with zero attached hydrogens (tertiary/aromatic N) is 4. The fourth-order valence-electron chi connectivity index (χ4n) is 3.73. The van der Waals surface area contributed by atoms with Crippen LogP contribution < -0.4 is 5.32 Å². The summed E-state index contributed by atoms with van der Waals surface area (Å²) >= 11 is 0. The number of amides is 1. The van der Waals surface area contributed by atoms with Gasteiger partial charge in [-0.05, 0) is 67.8 Å². The summed E-state index contributed by atoms with van der Waals surface area (Å²) in [4.78, 5) is 17.0. The van der Waals surface area contributed by atoms with Gasteiger partial charge in [0.1, 0.15) is 5.82 Å². The minimum atomic E-state index is -0.297. The first-order valence-corrected chi connectivity index (χ1v) is 9.45. The second kappa shape index (κ2) is 7.01. The Labute approximate surface area is 166 Å². The van der Waals surface area contributed by atoms with Crippen LogP contribution in [0.25, 0.3) is 11.4 Å². The molecule has 0 saturated heterocycles. The number of aromatic nitrogens is 4. The van der Waals surface area contributed by atoms with Gasteiger partial charge in [0, 0.05) is 35.0 Å². The maximum Gasteiger partial charge on any atom is 0.276 e. The molecule has 1 amide bonds. The molecule has 4 aromatic rings. The molecule has 29 heavy (non-hydrogen) atoms. The molecule has 144 valence electrons. The molecule has 0 spiro atoms. The standard InChI is InChI=1S/C22H18FN5O/c23-15-4-8-18(9-5-15)28-20-3-1-2-19(20)21(26-28)22(29)25-16-6-10-17(11-7-16)27-13-12-24-14-27/h4-14H,1-3H2,(H,25,29). The number of hydrogen-bond donors (Lipinski definition) is 1. The van der Waals surface area contributed by atoms with Crippen LogP contribution in [0.3, 0.4) is 0 Å². The Balaban J connectivity index is 1.41. The van der Waals surface area contributed by atoms with Crippen molar-refractivity contribution in [2.24, 2.45) is 0 Å². The summed E-state index contributed by atoms with van der Waals surface area (Å²) in [5.74, 6) is -0.533. The minimum Gasteiger partial charge on any atom is -0.321 e. The van der Waals surface area contributed by atoms with Gasteiger partial charge in [0.25, 0.3) is 5.91 Å². The van der Waals surface area contributed by atoms with Crippen LogP contribution in [0, 0.1) is 5.82 Å². The van der Waals surface area contributed by atoms with Gasteiger partial charge < -0.3 is 9.88 Å². The third-order valence-electron chi connectivity index (χ3n) is 5.14. The van der Waals surface area contributed by atoms with E-state index in [0.717, 1.165) is 41.9 Å². The monoisotopic (exact) mass is 387 g/mol. The molecule has 2 aromatic heterocycles. The van der Waals surface area contributed by atoms with E-state index in [-0.39, 0.29) is 11.7 Å². The first-order valence-electron chi connectivity index (χ1n) is 9.45. The number of benzene rings is 2. The maximum atomic E-state index is 13.3. The highest BCUT2D eigenvalue weighted by Crippen LogP contribution is 2.28. The van der Waals surface area contributed by atoms with Crippen LogP contribution in [0.5, 0.6) is 0 Å². The summed E-state index contributed by atoms with van der Waals surface area (Å²) in [6.07, 6.45) is 7.95. The molecular formula is C22H18FN5O. The first-order chi connectivity index (χ1) is 14.2. The van der Waals surface area contributed by atoms with Gasteiger partial charge in [0.2, 0.25) is 0 Å². The third-order valence-corrected chi connectivity index (χ3v) is 5.14. The summed E-state index contributed by atoms with van der Waals surface area (Å²) in [5.41, 5.74) is 4.84. The molecule has 2 heterocycles. The number of fused-ring (bicyclic) bond motifs is 1. The van der Waals surface area contributed by atoms with E-state index in [4.69, 9.17) is 0 Å². The topological polar surface area (TPSA) is 64.7 Å². The van der Waals surface area contributed by atoms with E-state index in [2.05, 4.69) is 15.4 Å². The fourth-order valence-corrected chi connectivity index (χ4v) is 3.73. The van der Waals surface area contributed by atoms with Crippen LogP contribution >= 0.6 is 0 Å². The van der Waals surface area contributed by atoms with Gasteiger partial charge in [0.15, 0.2) is 5.69 Å². The van der Waals surface area contributed by atoms with Crippen molar-refractivity contribution >= 4 is 11.6 Å². The third kappa shape index (κ3) is 3.20. The molecule has 0 saturated carbocycles. The van der Waals surface area contributed by atoms with E-state index in [0.29, 0.717) is 11.4 Å². The Morgan fingerprint density at radius 3 is 2.48 bits per heavy atom. The summed E-state index contributed by atoms with van der Waals surface area (Å²) < 4.78 is 16.9. The van der Waals surface area contributed by atoms with Gasteiger partial charge >= 0.3 is 0 Å². The van der Waals surface area contributed by atoms with Gasteiger partial charge in [0.05, 0.1) is 12.0 Å². The van der Waals surface area contributed by atoms with Gasteiger partial charge in [-0.2, -0.15) is 5.10 Å². The maximum absolute atomic E-state index is 13.3. The lowest BCUT2D eigenvalue weighted by Gasteiger charge is -2.07. The summed E-state index contributed by atoms with van der Waals surface area (Å²) in [7, 11) is 0. The lowest BCUT2D eigenvalue weighted by atomic mass is 10.2. The molecule has 0 atom stereocenters. The molecule has 0 unspecified atom stereocenters. The van der Waals surface area contributed by atoms with Crippen LogP contribution in [0.4, 0.5) is 10.1 Å². The van der Waals surface area contributed by atoms with Crippen molar-refractivity contribution in [3.05, 3.63) is 90.0 Å². The smallest absolute Gasteiger partial charge is 0.276 e. The molecule has 1 aliphatic rings. The Morgan fingerprint density at radius 2 is 1.76 bits per heavy atom. The average Bonchev–Trinajstić information content (AvgIpc) is 3.47. The zero-order chi connectivity index (χ0) is 19.8. The first kappa shape index (κ1) is 17.4. The van der Waals surface area contributed by atoms with E-state index < -0.39 is 0 Å². The van der Waals surface area contributed by atoms with Crippen LogP contribution in [0.15, 0.2) is 67.3 Å². The molecule has 0 fully saturated rings. The zero-order valence-electron chi connectivity index (χ0n) is 15.5. The normalized spacial score (nSPS) is 12.7. The summed E-state index contributed by atoms with van der Waals surface area (Å²) in [5, 5.41) is 7.49. The molecular weight excluding hydrogens is 369 g/mol. The number of imidazole rings is 1. The number of anilines is 1. The van der Waals surface area contributed by atoms with Crippen LogP contribution in [0.1, 0.15) is 28.2 Å². The highest BCUT2D eigenvalue weighted by Gasteiger charge is 2.27. The van der Waals surface area contributed by atoms with E-state index >= 15 is 0 Å². The van der Waals surface area contributed by atoms with Crippen molar-refractivity contribution < 1.29 is 9.18 Å². The molecule has 6 nitrogen and oxygen atoms in total. The molecule has 5 rings (SSSR count). The van der Waals surface area contributed by atoms with Crippen LogP contribution in [0.2, 0.25) is 0 Å². The van der Waals surface area contributed by atoms with Crippen molar-refractivity contribution in [2.75, 3.05) is 5.32 Å². The quantitative estimate of drug-likeness (QED) is 0.577. The van der Waals surface area contributed by atoms with Crippen molar-refractivity contribution in [3.63, 3.8) is 0 Å². The average molecular weight is 387 g/mol. The Morgan fingerprint density at radius 1 is 1.00 bits per heavy atom. The summed E-state index contributed by atoms with van der Waals surface area (Å²) in [6, 6.07) is 13.7. The van der Waals surface area contributed by atoms with Crippen molar-refractivity contribution in [1.82, 2.24) is 19.3 Å². The second-order valence-electron chi connectivity index (χ2n) is 6.99. The zero-order valence-corrected chi connectivity index (χ0v) is 15.5. The van der Waals surface area contributed by atoms with Crippen molar-refractivity contribution in [2.45, 2.75) is 19.3 Å².